The standard InChI is InChI=1S/C20H21N9O.C14H13BrN6O.C14H11BrN4O2.C13H13BrN2O4.C11H10BrN3O3.C11H8BrN3O2.C8H9BrN2O2/c1-4-21-20(30)27-16-12-29-15(18-22-6-5-7-23-18)8-13(9-17(29)26-16)14-10-24-19(25-11-14)28(2)3;1-2-16-14(22)20-11-8-21-10(13-17-4-3-5-18-13)6-9(15)7-12(21)19-11;1-2-21-14(20)10-8-19-11(13-16-4-3-5-17-13)6-9(15)7-12(19)18-10;1-3-19-12(17)9-7-16-10(13(18)20-4-2)5-8(14)6-11(16)15-9;1-2-18-11(17)7-5-15-8(10(13)16)3-6(12)4-9(15)14-7;1-2-17-11(16)9-6-15-8(5-13)3-7(12)4-10(15)14-9;1-2-13-8(12)6-3-5(9)4-7(10)11-6/h5-12H,4H2,1-3H3,(H2,21,27,30);3-8H,2H2,1H3,(H2,16,20,22);3-8H,2H2,1H3;5-7H,3-4H2,1-2H3;3-5H,2H2,1H3,(H2,13,16);3-4,6H,2H2,1H3;3-4H,2H2,1H3,(H2,10,11). The number of ether oxygens (including phenoxy) is 6. The molecule has 0 aliphatic carbocycles. The maximum absolute atomic E-state index is 11.9. The van der Waals surface area contributed by atoms with Gasteiger partial charge in [-0.1, -0.05) is 95.6 Å². The number of halogens is 6. The van der Waals surface area contributed by atoms with Crippen molar-refractivity contribution in [3.05, 3.63) is 262 Å². The van der Waals surface area contributed by atoms with Crippen LogP contribution in [0.3, 0.4) is 0 Å². The smallest absolute Gasteiger partial charge is 0.358 e. The Bertz CT molecular complexity index is 7430. The highest BCUT2D eigenvalue weighted by Crippen LogP contribution is 2.31. The normalized spacial score (nSPS) is 10.5. The molecule has 17 heterocycles. The van der Waals surface area contributed by atoms with E-state index in [9.17, 15) is 43.2 Å². The Morgan fingerprint density at radius 1 is 0.362 bits per heavy atom. The van der Waals surface area contributed by atoms with Gasteiger partial charge in [0.15, 0.2) is 57.6 Å². The molecule has 44 nitrogen and oxygen atoms in total. The Balaban J connectivity index is 0.000000159. The van der Waals surface area contributed by atoms with Gasteiger partial charge in [-0.25, -0.2) is 113 Å². The van der Waals surface area contributed by atoms with Gasteiger partial charge >= 0.3 is 47.9 Å². The van der Waals surface area contributed by atoms with E-state index in [0.717, 1.165) is 41.6 Å². The van der Waals surface area contributed by atoms with Gasteiger partial charge in [-0.15, -0.1) is 0 Å². The lowest BCUT2D eigenvalue weighted by Crippen LogP contribution is -2.28. The van der Waals surface area contributed by atoms with Crippen LogP contribution in [-0.2, 0) is 28.4 Å². The van der Waals surface area contributed by atoms with Crippen LogP contribution >= 0.6 is 95.6 Å². The van der Waals surface area contributed by atoms with Crippen LogP contribution in [0.5, 0.6) is 0 Å². The number of hydrogen-bond acceptors (Lipinski definition) is 33. The van der Waals surface area contributed by atoms with E-state index >= 15 is 0 Å². The van der Waals surface area contributed by atoms with E-state index in [4.69, 9.17) is 45.2 Å². The largest absolute Gasteiger partial charge is 0.461 e. The molecule has 0 spiro atoms. The first-order chi connectivity index (χ1) is 67.8. The molecule has 0 fully saturated rings. The van der Waals surface area contributed by atoms with E-state index in [2.05, 4.69) is 192 Å². The predicted octanol–water partition coefficient (Wildman–Crippen LogP) is 15.5. The van der Waals surface area contributed by atoms with E-state index in [-0.39, 0.29) is 71.9 Å². The first kappa shape index (κ1) is 106. The average Bonchev–Trinajstić information content (AvgIpc) is 1.67. The minimum atomic E-state index is -0.603. The molecule has 17 aromatic heterocycles. The van der Waals surface area contributed by atoms with Crippen molar-refractivity contribution in [2.75, 3.05) is 88.1 Å². The minimum absolute atomic E-state index is 0.137. The lowest BCUT2D eigenvalue weighted by Gasteiger charge is -2.11. The van der Waals surface area contributed by atoms with Crippen LogP contribution in [0.25, 0.3) is 79.6 Å². The van der Waals surface area contributed by atoms with Gasteiger partial charge < -0.3 is 55.4 Å². The van der Waals surface area contributed by atoms with Crippen LogP contribution in [0.15, 0.2) is 217 Å². The zero-order chi connectivity index (χ0) is 102. The highest BCUT2D eigenvalue weighted by atomic mass is 79.9. The van der Waals surface area contributed by atoms with Crippen molar-refractivity contribution in [3.63, 3.8) is 0 Å². The molecule has 141 heavy (non-hydrogen) atoms. The van der Waals surface area contributed by atoms with Crippen molar-refractivity contribution < 1.29 is 71.6 Å². The monoisotopic (exact) mass is 2300 g/mol. The Morgan fingerprint density at radius 2 is 0.688 bits per heavy atom. The van der Waals surface area contributed by atoms with Crippen LogP contribution in [0.2, 0.25) is 0 Å². The van der Waals surface area contributed by atoms with Gasteiger partial charge in [-0.05, 0) is 164 Å². The first-order valence-corrected chi connectivity index (χ1v) is 47.1. The number of primary amides is 1. The summed E-state index contributed by atoms with van der Waals surface area (Å²) in [6.45, 7) is 16.9. The second kappa shape index (κ2) is 50.7. The number of nitrogens with one attached hydrogen (secondary N) is 4. The molecule has 0 saturated carbocycles. The molecule has 0 radical (unpaired) electrons. The van der Waals surface area contributed by atoms with E-state index in [1.807, 2.05) is 84.1 Å². The van der Waals surface area contributed by atoms with E-state index in [0.29, 0.717) is 127 Å². The van der Waals surface area contributed by atoms with Crippen molar-refractivity contribution in [2.45, 2.75) is 55.4 Å². The van der Waals surface area contributed by atoms with Gasteiger partial charge in [0.05, 0.1) is 69.1 Å². The van der Waals surface area contributed by atoms with Gasteiger partial charge in [0.25, 0.3) is 5.91 Å². The SMILES string of the molecule is CCNC(=O)Nc1cn2c(-c3ncccn3)cc(-c3cnc(N(C)C)nc3)cc2n1.CCNC(=O)Nc1cn2c(-c3ncccn3)cc(Br)cc2n1.CCOC(=O)c1cc(Br)cc(N)n1.CCOC(=O)c1cn2c(-c3ncccn3)cc(Br)cc2n1.CCOC(=O)c1cn2c(C#N)cc(Br)cc2n1.CCOC(=O)c1cn2c(C(=O)OCC)cc(Br)cc2n1.CCOC(=O)c1cn2c(C(N)=O)cc(Br)cc2n1. The van der Waals surface area contributed by atoms with Gasteiger partial charge in [0.1, 0.15) is 62.9 Å². The maximum atomic E-state index is 11.9. The Kier molecular flexibility index (Phi) is 38.0. The number of carbonyl (C=O) groups is 9. The van der Waals surface area contributed by atoms with Crippen LogP contribution < -0.4 is 37.6 Å². The lowest BCUT2D eigenvalue weighted by molar-refractivity contribution is 0.0506. The second-order valence-corrected chi connectivity index (χ2v) is 33.8. The molecule has 0 aliphatic rings. The third-order valence-electron chi connectivity index (χ3n) is 18.2. The van der Waals surface area contributed by atoms with Crippen molar-refractivity contribution in [1.29, 1.82) is 5.26 Å². The molecule has 50 heteroatoms. The third kappa shape index (κ3) is 28.4. The number of carbonyl (C=O) groups excluding carboxylic acids is 9. The number of rotatable bonds is 22. The molecule has 0 bridgehead atoms. The number of amides is 5. The fourth-order valence-electron chi connectivity index (χ4n) is 12.5. The Morgan fingerprint density at radius 3 is 1.08 bits per heavy atom. The number of nitrogens with zero attached hydrogens (tertiary/aromatic N) is 23. The summed E-state index contributed by atoms with van der Waals surface area (Å²) in [7, 11) is 3.78. The third-order valence-corrected chi connectivity index (χ3v) is 21.0. The average molecular weight is 2300 g/mol. The van der Waals surface area contributed by atoms with Gasteiger partial charge in [0.2, 0.25) is 5.95 Å². The summed E-state index contributed by atoms with van der Waals surface area (Å²) in [5.41, 5.74) is 19.9. The molecule has 8 N–H and O–H groups in total. The first-order valence-electron chi connectivity index (χ1n) is 42.3. The fraction of sp³-hybridized carbons (Fsp3) is 0.198. The number of hydrogen-bond donors (Lipinski definition) is 6. The molecule has 726 valence electrons. The zero-order valence-electron chi connectivity index (χ0n) is 76.4. The Hall–Kier alpha value is -15.6. The number of urea groups is 2. The summed E-state index contributed by atoms with van der Waals surface area (Å²) in [5, 5.41) is 19.8. The quantitative estimate of drug-likeness (QED) is 0.0271. The van der Waals surface area contributed by atoms with Crippen molar-refractivity contribution in [2.24, 2.45) is 5.73 Å². The topological polar surface area (TPSA) is 556 Å². The molecule has 17 aromatic rings. The second-order valence-electron chi connectivity index (χ2n) is 28.3. The fourth-order valence-corrected chi connectivity index (χ4v) is 15.0. The summed E-state index contributed by atoms with van der Waals surface area (Å²) in [4.78, 5) is 170. The van der Waals surface area contributed by atoms with Gasteiger partial charge in [-0.2, -0.15) is 5.26 Å². The summed E-state index contributed by atoms with van der Waals surface area (Å²) < 4.78 is 43.7. The maximum Gasteiger partial charge on any atom is 0.358 e. The molecule has 0 saturated heterocycles. The Labute approximate surface area is 852 Å². The number of imidazole rings is 6. The molecule has 17 rings (SSSR count). The minimum Gasteiger partial charge on any atom is -0.461 e. The van der Waals surface area contributed by atoms with Crippen LogP contribution in [-0.4, -0.2) is 222 Å². The van der Waals surface area contributed by atoms with Crippen molar-refractivity contribution in [1.82, 2.24) is 112 Å². The summed E-state index contributed by atoms with van der Waals surface area (Å²) >= 11 is 19.9. The van der Waals surface area contributed by atoms with E-state index in [1.165, 1.54) is 27.4 Å². The highest BCUT2D eigenvalue weighted by Gasteiger charge is 2.24. The number of nitrogens with two attached hydrogens (primary N) is 2. The number of nitriles is 1. The number of esters is 6. The summed E-state index contributed by atoms with van der Waals surface area (Å²) in [6, 6.07) is 31.1. The highest BCUT2D eigenvalue weighted by molar-refractivity contribution is 9.11. The molecular formula is C91H85Br6N29O15. The van der Waals surface area contributed by atoms with E-state index in [1.54, 1.807) is 185 Å². The molecule has 0 atom stereocenters. The van der Waals surface area contributed by atoms with Crippen LogP contribution in [0, 0.1) is 11.3 Å². The molecule has 0 aliphatic heterocycles. The predicted molar refractivity (Wildman–Crippen MR) is 539 cm³/mol. The number of anilines is 4. The number of aromatic nitrogens is 21. The molecule has 0 aromatic carbocycles. The number of fused-ring (bicyclic) bond motifs is 6. The summed E-state index contributed by atoms with van der Waals surface area (Å²) in [6.07, 6.45) is 23.1. The van der Waals surface area contributed by atoms with E-state index < -0.39 is 41.7 Å². The summed E-state index contributed by atoms with van der Waals surface area (Å²) in [5.74, 6) is -0.0714. The number of pyridine rings is 7. The van der Waals surface area contributed by atoms with Crippen molar-refractivity contribution in [3.8, 4) is 51.8 Å². The molecule has 0 unspecified atom stereocenters. The van der Waals surface area contributed by atoms with Crippen molar-refractivity contribution >= 4 is 207 Å². The number of nitrogen functional groups attached to an aromatic ring is 1. The zero-order valence-corrected chi connectivity index (χ0v) is 85.9. The van der Waals surface area contributed by atoms with Gasteiger partial charge in [-0.3, -0.25) is 41.8 Å². The van der Waals surface area contributed by atoms with Gasteiger partial charge in [0, 0.05) is 134 Å². The van der Waals surface area contributed by atoms with Crippen LogP contribution in [0.4, 0.5) is 33.0 Å². The lowest BCUT2D eigenvalue weighted by atomic mass is 10.1. The molecule has 5 amide bonds. The molecular weight excluding hydrogens is 2220 g/mol. The van der Waals surface area contributed by atoms with Crippen LogP contribution in [0.1, 0.15) is 135 Å².